The minimum Gasteiger partial charge on any atom is -0.494 e. The number of amides is 2. The van der Waals surface area contributed by atoms with Crippen LogP contribution in [0.3, 0.4) is 0 Å². The molecule has 2 amide bonds. The summed E-state index contributed by atoms with van der Waals surface area (Å²) in [5, 5.41) is 1.24. The van der Waals surface area contributed by atoms with Crippen LogP contribution in [0.2, 0.25) is 0 Å². The Kier molecular flexibility index (Phi) is 8.85. The first-order chi connectivity index (χ1) is 14.0. The van der Waals surface area contributed by atoms with Crippen LogP contribution in [0.4, 0.5) is 44.3 Å². The minimum absolute atomic E-state index is 0.00752. The van der Waals surface area contributed by atoms with Crippen molar-refractivity contribution in [3.05, 3.63) is 22.4 Å². The van der Waals surface area contributed by atoms with E-state index < -0.39 is 61.7 Å². The molecular formula is C16H17BrF9N3O2. The zero-order chi connectivity index (χ0) is 24.2. The van der Waals surface area contributed by atoms with Crippen LogP contribution < -0.4 is 10.1 Å². The number of carbonyl (C=O) groups is 1. The molecule has 1 aromatic heterocycles. The Morgan fingerprint density at radius 3 is 2.13 bits per heavy atom. The average molecular weight is 534 g/mol. The Labute approximate surface area is 179 Å². The van der Waals surface area contributed by atoms with Crippen LogP contribution >= 0.6 is 15.9 Å². The summed E-state index contributed by atoms with van der Waals surface area (Å²) in [6.07, 6.45) is -18.0. The molecule has 0 saturated carbocycles. The van der Waals surface area contributed by atoms with Crippen LogP contribution in [0.1, 0.15) is 31.5 Å². The van der Waals surface area contributed by atoms with Gasteiger partial charge in [0.15, 0.2) is 11.8 Å². The Hall–Kier alpha value is -1.93. The Bertz CT molecular complexity index is 753. The van der Waals surface area contributed by atoms with Crippen molar-refractivity contribution in [1.29, 1.82) is 0 Å². The lowest BCUT2D eigenvalue weighted by Gasteiger charge is -2.34. The molecule has 0 spiro atoms. The molecule has 0 aliphatic rings. The number of hydrogen-bond donors (Lipinski definition) is 1. The second kappa shape index (κ2) is 10.1. The summed E-state index contributed by atoms with van der Waals surface area (Å²) in [6, 6.07) is -6.74. The normalized spacial score (nSPS) is 14.7. The highest BCUT2D eigenvalue weighted by Crippen LogP contribution is 2.39. The third kappa shape index (κ3) is 7.92. The lowest BCUT2D eigenvalue weighted by Crippen LogP contribution is -2.53. The van der Waals surface area contributed by atoms with Crippen molar-refractivity contribution in [3.8, 4) is 5.75 Å². The van der Waals surface area contributed by atoms with Crippen molar-refractivity contribution in [2.24, 2.45) is 0 Å². The fraction of sp³-hybridized carbons (Fsp3) is 0.625. The van der Waals surface area contributed by atoms with Gasteiger partial charge >= 0.3 is 24.6 Å². The molecule has 0 radical (unpaired) electrons. The number of urea groups is 1. The topological polar surface area (TPSA) is 54.5 Å². The maximum Gasteiger partial charge on any atom is 0.414 e. The van der Waals surface area contributed by atoms with E-state index in [-0.39, 0.29) is 15.1 Å². The molecule has 2 atom stereocenters. The minimum atomic E-state index is -5.31. The van der Waals surface area contributed by atoms with Crippen molar-refractivity contribution in [2.45, 2.75) is 50.4 Å². The van der Waals surface area contributed by atoms with E-state index in [1.54, 1.807) is 0 Å². The number of nitrogens with zero attached hydrogens (tertiary/aromatic N) is 2. The van der Waals surface area contributed by atoms with E-state index in [4.69, 9.17) is 4.74 Å². The standard InChI is InChI=1S/C16H17BrF9N3O2/c1-3-29(13(30)28-11(15(21,22)23)4-5-14(18,19)20)12(16(24,25)26)9-6-8(17)10(31-2)7-27-9/h6-7,11-12H,3-5H2,1-2H3,(H,28,30)/t11-,12?/m0/s1. The van der Waals surface area contributed by atoms with Gasteiger partial charge in [-0.2, -0.15) is 39.5 Å². The lowest BCUT2D eigenvalue weighted by atomic mass is 10.1. The average Bonchev–Trinajstić information content (AvgIpc) is 2.59. The van der Waals surface area contributed by atoms with Gasteiger partial charge in [-0.25, -0.2) is 4.79 Å². The highest BCUT2D eigenvalue weighted by atomic mass is 79.9. The molecule has 1 aromatic rings. The Morgan fingerprint density at radius 1 is 1.16 bits per heavy atom. The van der Waals surface area contributed by atoms with Gasteiger partial charge in [0.25, 0.3) is 0 Å². The van der Waals surface area contributed by atoms with E-state index >= 15 is 0 Å². The van der Waals surface area contributed by atoms with Crippen LogP contribution in [-0.2, 0) is 0 Å². The molecule has 0 saturated heterocycles. The number of ether oxygens (including phenoxy) is 1. The third-order valence-electron chi connectivity index (χ3n) is 3.97. The highest BCUT2D eigenvalue weighted by molar-refractivity contribution is 9.10. The second-order valence-corrected chi connectivity index (χ2v) is 7.03. The predicted octanol–water partition coefficient (Wildman–Crippen LogP) is 5.76. The summed E-state index contributed by atoms with van der Waals surface area (Å²) in [6.45, 7) is 0.348. The molecule has 0 aromatic carbocycles. The third-order valence-corrected chi connectivity index (χ3v) is 4.59. The van der Waals surface area contributed by atoms with Crippen LogP contribution in [0.25, 0.3) is 0 Å². The van der Waals surface area contributed by atoms with Gasteiger partial charge in [0, 0.05) is 13.0 Å². The largest absolute Gasteiger partial charge is 0.494 e. The number of hydrogen-bond acceptors (Lipinski definition) is 3. The van der Waals surface area contributed by atoms with Crippen molar-refractivity contribution >= 4 is 22.0 Å². The fourth-order valence-corrected chi connectivity index (χ4v) is 3.04. The second-order valence-electron chi connectivity index (χ2n) is 6.17. The van der Waals surface area contributed by atoms with E-state index in [9.17, 15) is 44.3 Å². The molecule has 1 rings (SSSR count). The van der Waals surface area contributed by atoms with Gasteiger partial charge in [0.1, 0.15) is 6.04 Å². The predicted molar refractivity (Wildman–Crippen MR) is 93.3 cm³/mol. The van der Waals surface area contributed by atoms with Crippen LogP contribution in [0.15, 0.2) is 16.7 Å². The van der Waals surface area contributed by atoms with Crippen molar-refractivity contribution in [2.75, 3.05) is 13.7 Å². The van der Waals surface area contributed by atoms with E-state index in [1.165, 1.54) is 12.4 Å². The van der Waals surface area contributed by atoms with E-state index in [1.807, 2.05) is 0 Å². The first-order valence-corrected chi connectivity index (χ1v) is 9.27. The quantitative estimate of drug-likeness (QED) is 0.453. The summed E-state index contributed by atoms with van der Waals surface area (Å²) < 4.78 is 122. The van der Waals surface area contributed by atoms with E-state index in [2.05, 4.69) is 20.9 Å². The van der Waals surface area contributed by atoms with Gasteiger partial charge in [-0.1, -0.05) is 0 Å². The lowest BCUT2D eigenvalue weighted by molar-refractivity contribution is -0.182. The molecule has 1 N–H and O–H groups in total. The van der Waals surface area contributed by atoms with Gasteiger partial charge in [0.2, 0.25) is 0 Å². The number of rotatable bonds is 7. The first-order valence-electron chi connectivity index (χ1n) is 8.48. The maximum atomic E-state index is 13.7. The number of carbonyl (C=O) groups excluding carboxylic acids is 1. The Morgan fingerprint density at radius 2 is 1.74 bits per heavy atom. The Balaban J connectivity index is 3.25. The first kappa shape index (κ1) is 27.1. The van der Waals surface area contributed by atoms with Gasteiger partial charge in [-0.15, -0.1) is 0 Å². The van der Waals surface area contributed by atoms with E-state index in [0.29, 0.717) is 0 Å². The van der Waals surface area contributed by atoms with Gasteiger partial charge in [0.05, 0.1) is 23.5 Å². The molecule has 0 bridgehead atoms. The summed E-state index contributed by atoms with van der Waals surface area (Å²) in [5.41, 5.74) is -0.740. The molecule has 0 aliphatic carbocycles. The highest BCUT2D eigenvalue weighted by Gasteiger charge is 2.49. The number of methoxy groups -OCH3 is 1. The van der Waals surface area contributed by atoms with Gasteiger partial charge < -0.3 is 15.0 Å². The summed E-state index contributed by atoms with van der Waals surface area (Å²) in [4.78, 5) is 15.9. The fourth-order valence-electron chi connectivity index (χ4n) is 2.54. The molecule has 15 heteroatoms. The molecule has 31 heavy (non-hydrogen) atoms. The summed E-state index contributed by atoms with van der Waals surface area (Å²) in [5.74, 6) is 0.0569. The zero-order valence-electron chi connectivity index (χ0n) is 15.9. The molecule has 1 heterocycles. The monoisotopic (exact) mass is 533 g/mol. The van der Waals surface area contributed by atoms with Crippen LogP contribution in [0, 0.1) is 0 Å². The van der Waals surface area contributed by atoms with Gasteiger partial charge in [-0.3, -0.25) is 4.98 Å². The zero-order valence-corrected chi connectivity index (χ0v) is 17.5. The number of aromatic nitrogens is 1. The molecule has 178 valence electrons. The van der Waals surface area contributed by atoms with Crippen molar-refractivity contribution in [3.63, 3.8) is 0 Å². The number of nitrogens with one attached hydrogen (secondary N) is 1. The maximum absolute atomic E-state index is 13.7. The van der Waals surface area contributed by atoms with Crippen LogP contribution in [-0.4, -0.2) is 54.1 Å². The molecule has 1 unspecified atom stereocenters. The SMILES string of the molecule is CCN(C(=O)N[C@@H](CCC(F)(F)F)C(F)(F)F)C(c1cc(Br)c(OC)cn1)C(F)(F)F. The summed E-state index contributed by atoms with van der Waals surface area (Å²) in [7, 11) is 1.21. The number of halogens is 10. The molecule has 0 aliphatic heterocycles. The van der Waals surface area contributed by atoms with Crippen LogP contribution in [0.5, 0.6) is 5.75 Å². The van der Waals surface area contributed by atoms with Crippen molar-refractivity contribution in [1.82, 2.24) is 15.2 Å². The van der Waals surface area contributed by atoms with Crippen molar-refractivity contribution < 1.29 is 49.0 Å². The molecule has 5 nitrogen and oxygen atoms in total. The van der Waals surface area contributed by atoms with E-state index in [0.717, 1.165) is 19.2 Å². The molecule has 0 fully saturated rings. The number of alkyl halides is 9. The summed E-state index contributed by atoms with van der Waals surface area (Å²) >= 11 is 2.95. The smallest absolute Gasteiger partial charge is 0.414 e. The molecular weight excluding hydrogens is 517 g/mol. The van der Waals surface area contributed by atoms with Gasteiger partial charge in [-0.05, 0) is 35.3 Å². The number of pyridine rings is 1.